The molecule has 2 aromatic carbocycles. The van der Waals surface area contributed by atoms with Crippen molar-refractivity contribution in [3.63, 3.8) is 0 Å². The van der Waals surface area contributed by atoms with Crippen LogP contribution in [0.25, 0.3) is 0 Å². The average Bonchev–Trinajstić information content (AvgIpc) is 2.45. The lowest BCUT2D eigenvalue weighted by Crippen LogP contribution is -2.21. The smallest absolute Gasteiger partial charge is 0.205 e. The van der Waals surface area contributed by atoms with Crippen LogP contribution in [0.15, 0.2) is 53.9 Å². The Labute approximate surface area is 122 Å². The maximum absolute atomic E-state index is 13.5. The van der Waals surface area contributed by atoms with E-state index in [2.05, 4.69) is 6.07 Å². The van der Waals surface area contributed by atoms with Crippen molar-refractivity contribution in [2.45, 2.75) is 12.8 Å². The van der Waals surface area contributed by atoms with Crippen molar-refractivity contribution in [3.05, 3.63) is 76.4 Å². The summed E-state index contributed by atoms with van der Waals surface area (Å²) >= 11 is 0. The fraction of sp³-hybridized carbons (Fsp3) is 0.118. The van der Waals surface area contributed by atoms with Crippen LogP contribution in [0.3, 0.4) is 0 Å². The van der Waals surface area contributed by atoms with Crippen LogP contribution in [-0.2, 0) is 0 Å². The number of hydrogen-bond acceptors (Lipinski definition) is 3. The van der Waals surface area contributed by atoms with E-state index in [-0.39, 0.29) is 11.7 Å². The second-order valence-electron chi connectivity index (χ2n) is 5.02. The molecule has 0 aromatic heterocycles. The molecule has 0 spiro atoms. The first-order valence-electron chi connectivity index (χ1n) is 6.53. The van der Waals surface area contributed by atoms with Crippen LogP contribution in [0.1, 0.15) is 22.6 Å². The van der Waals surface area contributed by atoms with E-state index in [1.807, 2.05) is 25.1 Å². The predicted octanol–water partition coefficient (Wildman–Crippen LogP) is 3.35. The number of hydrogen-bond donors (Lipinski definition) is 1. The Bertz CT molecular complexity index is 790. The Kier molecular flexibility index (Phi) is 3.11. The Balaban J connectivity index is 2.24. The zero-order chi connectivity index (χ0) is 15.0. The van der Waals surface area contributed by atoms with E-state index in [4.69, 9.17) is 10.5 Å². The molecule has 2 N–H and O–H groups in total. The summed E-state index contributed by atoms with van der Waals surface area (Å²) in [7, 11) is 0. The van der Waals surface area contributed by atoms with Gasteiger partial charge in [0.2, 0.25) is 5.88 Å². The summed E-state index contributed by atoms with van der Waals surface area (Å²) in [6.07, 6.45) is 0. The van der Waals surface area contributed by atoms with Crippen molar-refractivity contribution < 1.29 is 9.13 Å². The molecule has 2 aromatic rings. The third kappa shape index (κ3) is 2.23. The summed E-state index contributed by atoms with van der Waals surface area (Å²) in [6.45, 7) is 1.94. The minimum Gasteiger partial charge on any atom is -0.440 e. The molecular weight excluding hydrogens is 267 g/mol. The van der Waals surface area contributed by atoms with Gasteiger partial charge in [0.05, 0.1) is 5.92 Å². The first-order valence-corrected chi connectivity index (χ1v) is 6.53. The second kappa shape index (κ2) is 4.95. The van der Waals surface area contributed by atoms with E-state index in [0.29, 0.717) is 16.9 Å². The number of rotatable bonds is 1. The highest BCUT2D eigenvalue weighted by molar-refractivity contribution is 5.56. The normalized spacial score (nSPS) is 16.9. The van der Waals surface area contributed by atoms with Crippen LogP contribution in [0.4, 0.5) is 4.39 Å². The summed E-state index contributed by atoms with van der Waals surface area (Å²) in [5.41, 5.74) is 8.69. The van der Waals surface area contributed by atoms with E-state index in [9.17, 15) is 9.65 Å². The molecule has 21 heavy (non-hydrogen) atoms. The van der Waals surface area contributed by atoms with Gasteiger partial charge in [0.25, 0.3) is 0 Å². The molecule has 1 atom stereocenters. The highest BCUT2D eigenvalue weighted by Crippen LogP contribution is 2.42. The number of nitriles is 1. The molecule has 0 saturated heterocycles. The quantitative estimate of drug-likeness (QED) is 0.871. The van der Waals surface area contributed by atoms with Crippen LogP contribution >= 0.6 is 0 Å². The summed E-state index contributed by atoms with van der Waals surface area (Å²) in [5, 5.41) is 9.38. The zero-order valence-corrected chi connectivity index (χ0v) is 11.4. The van der Waals surface area contributed by atoms with Crippen molar-refractivity contribution in [3.8, 4) is 11.8 Å². The summed E-state index contributed by atoms with van der Waals surface area (Å²) in [4.78, 5) is 0. The largest absolute Gasteiger partial charge is 0.440 e. The molecule has 0 radical (unpaired) electrons. The molecule has 3 rings (SSSR count). The van der Waals surface area contributed by atoms with Gasteiger partial charge in [0, 0.05) is 5.56 Å². The number of fused-ring (bicyclic) bond motifs is 1. The molecule has 0 aliphatic carbocycles. The van der Waals surface area contributed by atoms with Gasteiger partial charge in [-0.15, -0.1) is 0 Å². The summed E-state index contributed by atoms with van der Waals surface area (Å²) in [6, 6.07) is 14.0. The summed E-state index contributed by atoms with van der Waals surface area (Å²) < 4.78 is 19.1. The highest BCUT2D eigenvalue weighted by atomic mass is 19.1. The molecule has 1 aliphatic heterocycles. The molecule has 0 saturated carbocycles. The number of allylic oxidation sites excluding steroid dienone is 1. The average molecular weight is 280 g/mol. The van der Waals surface area contributed by atoms with Gasteiger partial charge in [-0.1, -0.05) is 24.3 Å². The van der Waals surface area contributed by atoms with Crippen molar-refractivity contribution in [1.82, 2.24) is 0 Å². The fourth-order valence-corrected chi connectivity index (χ4v) is 2.59. The third-order valence-corrected chi connectivity index (χ3v) is 3.56. The fourth-order valence-electron chi connectivity index (χ4n) is 2.59. The van der Waals surface area contributed by atoms with Gasteiger partial charge in [0.15, 0.2) is 0 Å². The first-order chi connectivity index (χ1) is 10.1. The number of nitrogens with zero attached hydrogens (tertiary/aromatic N) is 1. The van der Waals surface area contributed by atoms with Crippen molar-refractivity contribution in [2.75, 3.05) is 0 Å². The lowest BCUT2D eigenvalue weighted by molar-refractivity contribution is 0.393. The predicted molar refractivity (Wildman–Crippen MR) is 76.9 cm³/mol. The first kappa shape index (κ1) is 13.2. The Morgan fingerprint density at radius 3 is 2.76 bits per heavy atom. The number of ether oxygens (including phenoxy) is 1. The topological polar surface area (TPSA) is 59.0 Å². The number of nitrogens with two attached hydrogens (primary N) is 1. The second-order valence-corrected chi connectivity index (χ2v) is 5.02. The van der Waals surface area contributed by atoms with E-state index in [1.165, 1.54) is 12.1 Å². The maximum Gasteiger partial charge on any atom is 0.205 e. The standard InChI is InChI=1S/C17H13FN2O/c1-10-5-6-13-15(7-10)21-17(20)14(9-19)16(13)11-3-2-4-12(18)8-11/h2-8,16H,20H2,1H3. The van der Waals surface area contributed by atoms with Gasteiger partial charge in [-0.2, -0.15) is 5.26 Å². The van der Waals surface area contributed by atoms with Gasteiger partial charge in [-0.25, -0.2) is 4.39 Å². The number of benzene rings is 2. The Hall–Kier alpha value is -2.80. The van der Waals surface area contributed by atoms with Crippen LogP contribution in [0.5, 0.6) is 5.75 Å². The minimum absolute atomic E-state index is 0.0739. The Morgan fingerprint density at radius 1 is 1.24 bits per heavy atom. The van der Waals surface area contributed by atoms with Gasteiger partial charge in [-0.05, 0) is 36.2 Å². The molecule has 1 unspecified atom stereocenters. The molecular formula is C17H13FN2O. The zero-order valence-electron chi connectivity index (χ0n) is 11.4. The lowest BCUT2D eigenvalue weighted by atomic mass is 9.83. The van der Waals surface area contributed by atoms with Crippen LogP contribution in [-0.4, -0.2) is 0 Å². The monoisotopic (exact) mass is 280 g/mol. The summed E-state index contributed by atoms with van der Waals surface area (Å²) in [5.74, 6) is -0.0656. The maximum atomic E-state index is 13.5. The van der Waals surface area contributed by atoms with Crippen molar-refractivity contribution in [2.24, 2.45) is 5.73 Å². The van der Waals surface area contributed by atoms with Crippen LogP contribution in [0, 0.1) is 24.1 Å². The third-order valence-electron chi connectivity index (χ3n) is 3.56. The van der Waals surface area contributed by atoms with Crippen molar-refractivity contribution in [1.29, 1.82) is 5.26 Å². The molecule has 104 valence electrons. The lowest BCUT2D eigenvalue weighted by Gasteiger charge is -2.26. The molecule has 0 amide bonds. The van der Waals surface area contributed by atoms with E-state index < -0.39 is 5.92 Å². The minimum atomic E-state index is -0.407. The molecule has 1 aliphatic rings. The number of aryl methyl sites for hydroxylation is 1. The molecule has 0 bridgehead atoms. The van der Waals surface area contributed by atoms with Gasteiger partial charge >= 0.3 is 0 Å². The van der Waals surface area contributed by atoms with E-state index in [1.54, 1.807) is 12.1 Å². The van der Waals surface area contributed by atoms with E-state index in [0.717, 1.165) is 11.1 Å². The van der Waals surface area contributed by atoms with Gasteiger partial charge in [-0.3, -0.25) is 0 Å². The van der Waals surface area contributed by atoms with Gasteiger partial charge < -0.3 is 10.5 Å². The van der Waals surface area contributed by atoms with E-state index >= 15 is 0 Å². The van der Waals surface area contributed by atoms with Crippen LogP contribution < -0.4 is 10.5 Å². The molecule has 0 fully saturated rings. The van der Waals surface area contributed by atoms with Crippen LogP contribution in [0.2, 0.25) is 0 Å². The van der Waals surface area contributed by atoms with Gasteiger partial charge in [0.1, 0.15) is 23.2 Å². The molecule has 3 nitrogen and oxygen atoms in total. The molecule has 1 heterocycles. The SMILES string of the molecule is Cc1ccc2c(c1)OC(N)=C(C#N)C2c1cccc(F)c1. The highest BCUT2D eigenvalue weighted by Gasteiger charge is 2.30. The number of halogens is 1. The van der Waals surface area contributed by atoms with Crippen molar-refractivity contribution >= 4 is 0 Å². The molecule has 4 heteroatoms. The Morgan fingerprint density at radius 2 is 2.05 bits per heavy atom.